The number of esters is 1. The van der Waals surface area contributed by atoms with E-state index in [4.69, 9.17) is 11.6 Å². The van der Waals surface area contributed by atoms with Gasteiger partial charge in [0.1, 0.15) is 10.4 Å². The van der Waals surface area contributed by atoms with Crippen LogP contribution in [0, 0.1) is 0 Å². The van der Waals surface area contributed by atoms with E-state index in [1.165, 1.54) is 18.4 Å². The van der Waals surface area contributed by atoms with Crippen molar-refractivity contribution >= 4 is 39.9 Å². The van der Waals surface area contributed by atoms with E-state index in [1.54, 1.807) is 5.38 Å². The average Bonchev–Trinajstić information content (AvgIpc) is 2.61. The van der Waals surface area contributed by atoms with Crippen LogP contribution in [0.25, 0.3) is 11.0 Å². The number of ether oxygens (including phenoxy) is 1. The standard InChI is InChI=1S/C7H5ClN2O2S/c1-12-6(11)5-4-3(2-13-5)9-7(8)10-4/h2H,1H3,(H,9,10). The maximum atomic E-state index is 11.2. The van der Waals surface area contributed by atoms with E-state index >= 15 is 0 Å². The number of thiophene rings is 1. The Labute approximate surface area is 82.5 Å². The van der Waals surface area contributed by atoms with E-state index in [-0.39, 0.29) is 11.3 Å². The number of rotatable bonds is 1. The molecular formula is C7H5ClN2O2S. The van der Waals surface area contributed by atoms with E-state index in [0.29, 0.717) is 10.4 Å². The first-order valence-electron chi connectivity index (χ1n) is 3.43. The molecule has 0 radical (unpaired) electrons. The number of aromatic nitrogens is 2. The molecule has 0 amide bonds. The SMILES string of the molecule is COC(=O)c1scc2[nH]c(Cl)nc12. The lowest BCUT2D eigenvalue weighted by Gasteiger charge is -1.91. The van der Waals surface area contributed by atoms with Gasteiger partial charge in [0.2, 0.25) is 5.28 Å². The summed E-state index contributed by atoms with van der Waals surface area (Å²) in [4.78, 5) is 18.4. The Balaban J connectivity index is 2.62. The minimum Gasteiger partial charge on any atom is -0.465 e. The Hall–Kier alpha value is -1.07. The number of nitrogens with zero attached hydrogens (tertiary/aromatic N) is 1. The third-order valence-electron chi connectivity index (χ3n) is 1.58. The molecule has 0 atom stereocenters. The molecule has 2 aromatic heterocycles. The second kappa shape index (κ2) is 3.01. The molecule has 0 unspecified atom stereocenters. The summed E-state index contributed by atoms with van der Waals surface area (Å²) < 4.78 is 4.59. The maximum absolute atomic E-state index is 11.2. The van der Waals surface area contributed by atoms with Gasteiger partial charge in [-0.25, -0.2) is 9.78 Å². The van der Waals surface area contributed by atoms with Crippen molar-refractivity contribution in [3.05, 3.63) is 15.5 Å². The summed E-state index contributed by atoms with van der Waals surface area (Å²) in [5.41, 5.74) is 1.33. The zero-order valence-corrected chi connectivity index (χ0v) is 8.20. The van der Waals surface area contributed by atoms with Crippen LogP contribution in [0.4, 0.5) is 0 Å². The quantitative estimate of drug-likeness (QED) is 0.743. The van der Waals surface area contributed by atoms with Crippen LogP contribution in [-0.2, 0) is 4.74 Å². The van der Waals surface area contributed by atoms with Gasteiger partial charge in [-0.1, -0.05) is 0 Å². The molecule has 0 aromatic carbocycles. The second-order valence-corrected chi connectivity index (χ2v) is 3.58. The van der Waals surface area contributed by atoms with Crippen LogP contribution in [0.5, 0.6) is 0 Å². The fourth-order valence-corrected chi connectivity index (χ4v) is 2.07. The van der Waals surface area contributed by atoms with Crippen molar-refractivity contribution < 1.29 is 9.53 Å². The first-order valence-corrected chi connectivity index (χ1v) is 4.69. The lowest BCUT2D eigenvalue weighted by Crippen LogP contribution is -1.98. The first-order chi connectivity index (χ1) is 6.22. The normalized spacial score (nSPS) is 10.6. The molecule has 0 saturated heterocycles. The number of H-pyrrole nitrogens is 1. The number of hydrogen-bond acceptors (Lipinski definition) is 4. The average molecular weight is 217 g/mol. The summed E-state index contributed by atoms with van der Waals surface area (Å²) in [5.74, 6) is -0.386. The van der Waals surface area contributed by atoms with Crippen LogP contribution in [-0.4, -0.2) is 23.0 Å². The number of imidazole rings is 1. The predicted molar refractivity (Wildman–Crippen MR) is 50.3 cm³/mol. The highest BCUT2D eigenvalue weighted by molar-refractivity contribution is 7.13. The summed E-state index contributed by atoms with van der Waals surface area (Å²) in [6.45, 7) is 0. The topological polar surface area (TPSA) is 55.0 Å². The molecule has 6 heteroatoms. The number of hydrogen-bond donors (Lipinski definition) is 1. The number of carbonyl (C=O) groups excluding carboxylic acids is 1. The minimum absolute atomic E-state index is 0.281. The molecule has 0 bridgehead atoms. The fourth-order valence-electron chi connectivity index (χ4n) is 1.03. The molecular weight excluding hydrogens is 212 g/mol. The van der Waals surface area contributed by atoms with Gasteiger partial charge in [-0.15, -0.1) is 11.3 Å². The number of halogens is 1. The summed E-state index contributed by atoms with van der Waals surface area (Å²) in [7, 11) is 1.34. The van der Waals surface area contributed by atoms with Crippen LogP contribution >= 0.6 is 22.9 Å². The van der Waals surface area contributed by atoms with Crippen LogP contribution in [0.2, 0.25) is 5.28 Å². The summed E-state index contributed by atoms with van der Waals surface area (Å²) in [5, 5.41) is 2.06. The van der Waals surface area contributed by atoms with Gasteiger partial charge in [-0.3, -0.25) is 0 Å². The van der Waals surface area contributed by atoms with Gasteiger partial charge in [0.05, 0.1) is 12.6 Å². The summed E-state index contributed by atoms with van der Waals surface area (Å²) >= 11 is 6.91. The van der Waals surface area contributed by atoms with E-state index < -0.39 is 0 Å². The summed E-state index contributed by atoms with van der Waals surface area (Å²) in [6.07, 6.45) is 0. The Bertz CT molecular complexity index is 462. The van der Waals surface area contributed by atoms with Crippen LogP contribution in [0.1, 0.15) is 9.67 Å². The predicted octanol–water partition coefficient (Wildman–Crippen LogP) is 2.06. The van der Waals surface area contributed by atoms with Crippen molar-refractivity contribution in [2.24, 2.45) is 0 Å². The molecule has 0 aliphatic rings. The molecule has 0 saturated carbocycles. The number of carbonyl (C=O) groups is 1. The Morgan fingerprint density at radius 3 is 3.23 bits per heavy atom. The van der Waals surface area contributed by atoms with Crippen LogP contribution < -0.4 is 0 Å². The first kappa shape index (κ1) is 8.52. The van der Waals surface area contributed by atoms with Crippen molar-refractivity contribution in [3.63, 3.8) is 0 Å². The molecule has 68 valence electrons. The van der Waals surface area contributed by atoms with E-state index in [9.17, 15) is 4.79 Å². The molecule has 0 aliphatic heterocycles. The van der Waals surface area contributed by atoms with E-state index in [1.807, 2.05) is 0 Å². The van der Waals surface area contributed by atoms with Crippen molar-refractivity contribution in [1.82, 2.24) is 9.97 Å². The molecule has 1 N–H and O–H groups in total. The molecule has 0 spiro atoms. The highest BCUT2D eigenvalue weighted by atomic mass is 35.5. The van der Waals surface area contributed by atoms with Crippen LogP contribution in [0.15, 0.2) is 5.38 Å². The number of methoxy groups -OCH3 is 1. The fraction of sp³-hybridized carbons (Fsp3) is 0.143. The molecule has 4 nitrogen and oxygen atoms in total. The number of nitrogens with one attached hydrogen (secondary N) is 1. The van der Waals surface area contributed by atoms with Crippen molar-refractivity contribution in [2.45, 2.75) is 0 Å². The largest absolute Gasteiger partial charge is 0.465 e. The maximum Gasteiger partial charge on any atom is 0.350 e. The van der Waals surface area contributed by atoms with Crippen molar-refractivity contribution in [1.29, 1.82) is 0 Å². The Kier molecular flexibility index (Phi) is 1.97. The van der Waals surface area contributed by atoms with Gasteiger partial charge in [0.15, 0.2) is 0 Å². The van der Waals surface area contributed by atoms with E-state index in [2.05, 4.69) is 14.7 Å². The number of fused-ring (bicyclic) bond motifs is 1. The third-order valence-corrected chi connectivity index (χ3v) is 2.71. The van der Waals surface area contributed by atoms with Gasteiger partial charge < -0.3 is 9.72 Å². The smallest absolute Gasteiger partial charge is 0.350 e. The zero-order chi connectivity index (χ0) is 9.42. The zero-order valence-electron chi connectivity index (χ0n) is 6.63. The molecule has 2 rings (SSSR count). The van der Waals surface area contributed by atoms with Gasteiger partial charge in [0, 0.05) is 5.38 Å². The number of aromatic amines is 1. The van der Waals surface area contributed by atoms with Crippen molar-refractivity contribution in [3.8, 4) is 0 Å². The monoisotopic (exact) mass is 216 g/mol. The lowest BCUT2D eigenvalue weighted by atomic mass is 10.4. The highest BCUT2D eigenvalue weighted by Gasteiger charge is 2.15. The van der Waals surface area contributed by atoms with Crippen molar-refractivity contribution in [2.75, 3.05) is 7.11 Å². The lowest BCUT2D eigenvalue weighted by molar-refractivity contribution is 0.0608. The van der Waals surface area contributed by atoms with Crippen LogP contribution in [0.3, 0.4) is 0 Å². The minimum atomic E-state index is -0.386. The molecule has 2 aromatic rings. The van der Waals surface area contributed by atoms with Gasteiger partial charge in [-0.2, -0.15) is 0 Å². The van der Waals surface area contributed by atoms with Gasteiger partial charge in [0.25, 0.3) is 0 Å². The van der Waals surface area contributed by atoms with Gasteiger partial charge in [-0.05, 0) is 11.6 Å². The Morgan fingerprint density at radius 1 is 1.77 bits per heavy atom. The molecule has 0 fully saturated rings. The van der Waals surface area contributed by atoms with E-state index in [0.717, 1.165) is 5.52 Å². The third kappa shape index (κ3) is 1.30. The molecule has 0 aliphatic carbocycles. The molecule has 2 heterocycles. The highest BCUT2D eigenvalue weighted by Crippen LogP contribution is 2.25. The second-order valence-electron chi connectivity index (χ2n) is 2.35. The summed E-state index contributed by atoms with van der Waals surface area (Å²) in [6, 6.07) is 0. The molecule has 13 heavy (non-hydrogen) atoms. The Morgan fingerprint density at radius 2 is 2.54 bits per heavy atom. The van der Waals surface area contributed by atoms with Gasteiger partial charge >= 0.3 is 5.97 Å².